The van der Waals surface area contributed by atoms with Crippen LogP contribution in [0.25, 0.3) is 0 Å². The number of aromatic amines is 1. The number of hydrogen-bond donors (Lipinski definition) is 3. The standard InChI is InChI=1S/C12H14N4O2S2/c13-12(19)9-3-1-2-4-10(9)20(17,18)16-6-5-11-14-7-8-15-11/h1-4,7-8,16H,5-6H2,(H2,13,19)(H,14,15). The molecule has 0 bridgehead atoms. The Kier molecular flexibility index (Phi) is 4.48. The lowest BCUT2D eigenvalue weighted by molar-refractivity contribution is 0.581. The van der Waals surface area contributed by atoms with Crippen molar-refractivity contribution < 1.29 is 8.42 Å². The Bertz CT molecular complexity index is 696. The molecule has 106 valence electrons. The first-order chi connectivity index (χ1) is 9.50. The number of nitrogens with one attached hydrogen (secondary N) is 2. The van der Waals surface area contributed by atoms with Crippen molar-refractivity contribution in [2.24, 2.45) is 5.73 Å². The Morgan fingerprint density at radius 1 is 1.40 bits per heavy atom. The molecule has 1 aromatic carbocycles. The van der Waals surface area contributed by atoms with Crippen LogP contribution in [0.5, 0.6) is 0 Å². The third kappa shape index (κ3) is 3.41. The SMILES string of the molecule is NC(=S)c1ccccc1S(=O)(=O)NCCc1ncc[nH]1. The molecule has 0 unspecified atom stereocenters. The highest BCUT2D eigenvalue weighted by Gasteiger charge is 2.18. The zero-order chi connectivity index (χ0) is 14.6. The number of rotatable bonds is 6. The van der Waals surface area contributed by atoms with Crippen molar-refractivity contribution in [3.05, 3.63) is 48.0 Å². The van der Waals surface area contributed by atoms with Crippen LogP contribution in [0.4, 0.5) is 0 Å². The average molecular weight is 310 g/mol. The molecule has 0 fully saturated rings. The van der Waals surface area contributed by atoms with E-state index in [1.165, 1.54) is 6.07 Å². The summed E-state index contributed by atoms with van der Waals surface area (Å²) in [5, 5.41) is 0. The van der Waals surface area contributed by atoms with Gasteiger partial charge in [0.05, 0.1) is 4.90 Å². The van der Waals surface area contributed by atoms with Crippen molar-refractivity contribution in [2.45, 2.75) is 11.3 Å². The van der Waals surface area contributed by atoms with E-state index in [0.29, 0.717) is 12.0 Å². The van der Waals surface area contributed by atoms with Crippen LogP contribution in [-0.4, -0.2) is 29.9 Å². The largest absolute Gasteiger partial charge is 0.389 e. The van der Waals surface area contributed by atoms with Gasteiger partial charge in [-0.15, -0.1) is 0 Å². The lowest BCUT2D eigenvalue weighted by Gasteiger charge is -2.10. The summed E-state index contributed by atoms with van der Waals surface area (Å²) in [7, 11) is -3.65. The van der Waals surface area contributed by atoms with Gasteiger partial charge in [-0.1, -0.05) is 30.4 Å². The number of thiocarbonyl (C=S) groups is 1. The van der Waals surface area contributed by atoms with Gasteiger partial charge in [-0.2, -0.15) is 0 Å². The molecule has 0 saturated carbocycles. The molecule has 0 atom stereocenters. The van der Waals surface area contributed by atoms with Crippen LogP contribution < -0.4 is 10.5 Å². The third-order valence-electron chi connectivity index (χ3n) is 2.65. The number of nitrogens with two attached hydrogens (primary N) is 1. The van der Waals surface area contributed by atoms with Gasteiger partial charge >= 0.3 is 0 Å². The number of nitrogens with zero attached hydrogens (tertiary/aromatic N) is 1. The van der Waals surface area contributed by atoms with Crippen LogP contribution >= 0.6 is 12.2 Å². The molecule has 8 heteroatoms. The number of H-pyrrole nitrogens is 1. The molecule has 2 rings (SSSR count). The van der Waals surface area contributed by atoms with Gasteiger partial charge in [-0.3, -0.25) is 0 Å². The predicted octanol–water partition coefficient (Wildman–Crippen LogP) is 0.565. The zero-order valence-electron chi connectivity index (χ0n) is 10.5. The summed E-state index contributed by atoms with van der Waals surface area (Å²) >= 11 is 4.87. The fraction of sp³-hybridized carbons (Fsp3) is 0.167. The predicted molar refractivity (Wildman–Crippen MR) is 79.8 cm³/mol. The van der Waals surface area contributed by atoms with Crippen molar-refractivity contribution in [2.75, 3.05) is 6.54 Å². The van der Waals surface area contributed by atoms with Crippen molar-refractivity contribution in [3.8, 4) is 0 Å². The summed E-state index contributed by atoms with van der Waals surface area (Å²) in [6.45, 7) is 0.238. The maximum Gasteiger partial charge on any atom is 0.241 e. The Labute approximate surface area is 122 Å². The van der Waals surface area contributed by atoms with Crippen LogP contribution in [0.15, 0.2) is 41.6 Å². The van der Waals surface area contributed by atoms with E-state index in [1.807, 2.05) is 0 Å². The van der Waals surface area contributed by atoms with Crippen molar-refractivity contribution in [1.29, 1.82) is 0 Å². The molecule has 0 saturated heterocycles. The molecule has 1 heterocycles. The molecule has 6 nitrogen and oxygen atoms in total. The lowest BCUT2D eigenvalue weighted by atomic mass is 10.2. The highest BCUT2D eigenvalue weighted by Crippen LogP contribution is 2.15. The summed E-state index contributed by atoms with van der Waals surface area (Å²) in [6, 6.07) is 6.38. The van der Waals surface area contributed by atoms with E-state index in [9.17, 15) is 8.42 Å². The van der Waals surface area contributed by atoms with Crippen LogP contribution in [0, 0.1) is 0 Å². The van der Waals surface area contributed by atoms with E-state index < -0.39 is 10.0 Å². The highest BCUT2D eigenvalue weighted by atomic mass is 32.2. The van der Waals surface area contributed by atoms with Crippen LogP contribution in [0.2, 0.25) is 0 Å². The van der Waals surface area contributed by atoms with Gasteiger partial charge in [0.1, 0.15) is 10.8 Å². The molecule has 0 aliphatic heterocycles. The average Bonchev–Trinajstić information content (AvgIpc) is 2.91. The van der Waals surface area contributed by atoms with E-state index in [1.54, 1.807) is 30.6 Å². The minimum absolute atomic E-state index is 0.0528. The molecule has 4 N–H and O–H groups in total. The summed E-state index contributed by atoms with van der Waals surface area (Å²) in [5.41, 5.74) is 5.88. The topological polar surface area (TPSA) is 101 Å². The van der Waals surface area contributed by atoms with E-state index >= 15 is 0 Å². The molecule has 0 aliphatic carbocycles. The number of sulfonamides is 1. The third-order valence-corrected chi connectivity index (χ3v) is 4.39. The van der Waals surface area contributed by atoms with Crippen molar-refractivity contribution in [1.82, 2.24) is 14.7 Å². The first-order valence-electron chi connectivity index (χ1n) is 5.87. The molecular formula is C12H14N4O2S2. The molecule has 0 spiro atoms. The number of imidazole rings is 1. The van der Waals surface area contributed by atoms with E-state index in [4.69, 9.17) is 18.0 Å². The number of benzene rings is 1. The first-order valence-corrected chi connectivity index (χ1v) is 7.76. The minimum Gasteiger partial charge on any atom is -0.389 e. The summed E-state index contributed by atoms with van der Waals surface area (Å²) in [6.07, 6.45) is 3.78. The summed E-state index contributed by atoms with van der Waals surface area (Å²) in [5.74, 6) is 0.718. The molecule has 0 aliphatic rings. The Morgan fingerprint density at radius 3 is 2.80 bits per heavy atom. The number of aromatic nitrogens is 2. The second-order valence-electron chi connectivity index (χ2n) is 4.04. The Balaban J connectivity index is 2.12. The molecule has 0 amide bonds. The van der Waals surface area contributed by atoms with E-state index in [-0.39, 0.29) is 16.4 Å². The minimum atomic E-state index is -3.65. The normalized spacial score (nSPS) is 11.4. The van der Waals surface area contributed by atoms with Gasteiger partial charge in [-0.25, -0.2) is 18.1 Å². The fourth-order valence-electron chi connectivity index (χ4n) is 1.72. The smallest absolute Gasteiger partial charge is 0.241 e. The van der Waals surface area contributed by atoms with Gasteiger partial charge in [0, 0.05) is 30.9 Å². The maximum atomic E-state index is 12.2. The van der Waals surface area contributed by atoms with E-state index in [2.05, 4.69) is 14.7 Å². The van der Waals surface area contributed by atoms with Crippen molar-refractivity contribution >= 4 is 27.2 Å². The van der Waals surface area contributed by atoms with Crippen LogP contribution in [0.3, 0.4) is 0 Å². The molecule has 0 radical (unpaired) electrons. The zero-order valence-corrected chi connectivity index (χ0v) is 12.2. The highest BCUT2D eigenvalue weighted by molar-refractivity contribution is 7.89. The van der Waals surface area contributed by atoms with Gasteiger partial charge in [-0.05, 0) is 6.07 Å². The van der Waals surface area contributed by atoms with Gasteiger partial charge < -0.3 is 10.7 Å². The molecule has 1 aromatic heterocycles. The monoisotopic (exact) mass is 310 g/mol. The Morgan fingerprint density at radius 2 is 2.15 bits per heavy atom. The molecular weight excluding hydrogens is 296 g/mol. The van der Waals surface area contributed by atoms with Crippen molar-refractivity contribution in [3.63, 3.8) is 0 Å². The molecule has 2 aromatic rings. The van der Waals surface area contributed by atoms with Gasteiger partial charge in [0.2, 0.25) is 10.0 Å². The second kappa shape index (κ2) is 6.12. The van der Waals surface area contributed by atoms with Crippen LogP contribution in [0.1, 0.15) is 11.4 Å². The van der Waals surface area contributed by atoms with Gasteiger partial charge in [0.25, 0.3) is 0 Å². The quantitative estimate of drug-likeness (QED) is 0.677. The summed E-state index contributed by atoms with van der Waals surface area (Å²) < 4.78 is 27.0. The second-order valence-corrected chi connectivity index (χ2v) is 6.22. The van der Waals surface area contributed by atoms with Crippen LogP contribution in [-0.2, 0) is 16.4 Å². The first kappa shape index (κ1) is 14.6. The lowest BCUT2D eigenvalue weighted by Crippen LogP contribution is -2.28. The van der Waals surface area contributed by atoms with E-state index in [0.717, 1.165) is 5.82 Å². The van der Waals surface area contributed by atoms with Gasteiger partial charge in [0.15, 0.2) is 0 Å². The molecule has 20 heavy (non-hydrogen) atoms. The Hall–Kier alpha value is -1.77. The number of hydrogen-bond acceptors (Lipinski definition) is 4. The summed E-state index contributed by atoms with van der Waals surface area (Å²) in [4.78, 5) is 7.07. The fourth-order valence-corrected chi connectivity index (χ4v) is 3.21. The maximum absolute atomic E-state index is 12.2.